The molecular formula is C26H33N3O3. The summed E-state index contributed by atoms with van der Waals surface area (Å²) >= 11 is 0. The lowest BCUT2D eigenvalue weighted by Gasteiger charge is -2.43. The lowest BCUT2D eigenvalue weighted by molar-refractivity contribution is -0.120. The standard InChI is InChI=1S/C26H33N3O3/c1-19-17-26(2,3)29(23-16-20(31-4)10-11-21(19)23)25(30)18-27-12-14-28(15-13-27)22-8-6-7-9-24(22)32-5/h6-11,16-17H,12-15,18H2,1-5H3. The number of amides is 1. The quantitative estimate of drug-likeness (QED) is 0.709. The Bertz CT molecular complexity index is 1020. The molecule has 6 heteroatoms. The van der Waals surface area contributed by atoms with Gasteiger partial charge in [-0.25, -0.2) is 0 Å². The third kappa shape index (κ3) is 4.19. The number of piperazine rings is 1. The molecule has 0 atom stereocenters. The van der Waals surface area contributed by atoms with E-state index in [1.165, 1.54) is 5.57 Å². The minimum Gasteiger partial charge on any atom is -0.497 e. The van der Waals surface area contributed by atoms with Crippen molar-refractivity contribution < 1.29 is 14.3 Å². The zero-order valence-electron chi connectivity index (χ0n) is 19.7. The summed E-state index contributed by atoms with van der Waals surface area (Å²) in [5.74, 6) is 1.76. The fraction of sp³-hybridized carbons (Fsp3) is 0.423. The molecule has 2 aliphatic rings. The summed E-state index contributed by atoms with van der Waals surface area (Å²) in [6, 6.07) is 14.1. The molecule has 2 aromatic carbocycles. The van der Waals surface area contributed by atoms with Crippen LogP contribution in [0.1, 0.15) is 26.3 Å². The lowest BCUT2D eigenvalue weighted by Crippen LogP contribution is -2.55. The van der Waals surface area contributed by atoms with Crippen molar-refractivity contribution in [2.75, 3.05) is 56.7 Å². The third-order valence-electron chi connectivity index (χ3n) is 6.42. The molecule has 0 radical (unpaired) electrons. The fourth-order valence-corrected chi connectivity index (χ4v) is 4.90. The first kappa shape index (κ1) is 22.2. The van der Waals surface area contributed by atoms with Gasteiger partial charge in [0.2, 0.25) is 5.91 Å². The van der Waals surface area contributed by atoms with Crippen LogP contribution in [0, 0.1) is 0 Å². The molecule has 0 bridgehead atoms. The molecule has 1 amide bonds. The van der Waals surface area contributed by atoms with Crippen molar-refractivity contribution in [2.45, 2.75) is 26.3 Å². The van der Waals surface area contributed by atoms with E-state index in [9.17, 15) is 4.79 Å². The second-order valence-corrected chi connectivity index (χ2v) is 9.03. The molecule has 4 rings (SSSR count). The van der Waals surface area contributed by atoms with Gasteiger partial charge in [0.1, 0.15) is 11.5 Å². The first-order valence-corrected chi connectivity index (χ1v) is 11.2. The fourth-order valence-electron chi connectivity index (χ4n) is 4.90. The van der Waals surface area contributed by atoms with E-state index in [1.54, 1.807) is 14.2 Å². The molecule has 6 nitrogen and oxygen atoms in total. The van der Waals surface area contributed by atoms with Crippen LogP contribution >= 0.6 is 0 Å². The van der Waals surface area contributed by atoms with Crippen molar-refractivity contribution in [1.29, 1.82) is 0 Å². The van der Waals surface area contributed by atoms with E-state index in [2.05, 4.69) is 42.7 Å². The molecule has 0 aliphatic carbocycles. The smallest absolute Gasteiger partial charge is 0.241 e. The maximum absolute atomic E-state index is 13.6. The number of carbonyl (C=O) groups is 1. The van der Waals surface area contributed by atoms with Gasteiger partial charge in [0.25, 0.3) is 0 Å². The molecule has 0 aromatic heterocycles. The average Bonchev–Trinajstić information content (AvgIpc) is 2.78. The van der Waals surface area contributed by atoms with Gasteiger partial charge in [-0.1, -0.05) is 18.2 Å². The number of nitrogens with zero attached hydrogens (tertiary/aromatic N) is 3. The first-order chi connectivity index (χ1) is 15.3. The maximum Gasteiger partial charge on any atom is 0.241 e. The summed E-state index contributed by atoms with van der Waals surface area (Å²) in [7, 11) is 3.36. The topological polar surface area (TPSA) is 45.2 Å². The number of methoxy groups -OCH3 is 2. The summed E-state index contributed by atoms with van der Waals surface area (Å²) in [5.41, 5.74) is 3.90. The van der Waals surface area contributed by atoms with E-state index in [-0.39, 0.29) is 5.91 Å². The molecule has 32 heavy (non-hydrogen) atoms. The highest BCUT2D eigenvalue weighted by atomic mass is 16.5. The van der Waals surface area contributed by atoms with E-state index in [0.717, 1.165) is 54.6 Å². The predicted molar refractivity (Wildman–Crippen MR) is 130 cm³/mol. The Morgan fingerprint density at radius 1 is 0.969 bits per heavy atom. The van der Waals surface area contributed by atoms with E-state index in [4.69, 9.17) is 9.47 Å². The number of fused-ring (bicyclic) bond motifs is 1. The minimum atomic E-state index is -0.403. The van der Waals surface area contributed by atoms with Crippen LogP contribution in [0.2, 0.25) is 0 Å². The highest BCUT2D eigenvalue weighted by molar-refractivity contribution is 6.01. The molecular weight excluding hydrogens is 402 g/mol. The Balaban J connectivity index is 1.49. The molecule has 1 fully saturated rings. The molecule has 0 spiro atoms. The van der Waals surface area contributed by atoms with Crippen molar-refractivity contribution in [3.63, 3.8) is 0 Å². The molecule has 1 saturated heterocycles. The normalized spacial score (nSPS) is 18.1. The Morgan fingerprint density at radius 3 is 2.38 bits per heavy atom. The van der Waals surface area contributed by atoms with Gasteiger partial charge in [0.05, 0.1) is 37.7 Å². The van der Waals surface area contributed by atoms with E-state index in [1.807, 2.05) is 41.3 Å². The van der Waals surface area contributed by atoms with Crippen molar-refractivity contribution in [2.24, 2.45) is 0 Å². The molecule has 0 N–H and O–H groups in total. The second kappa shape index (κ2) is 8.87. The number of allylic oxidation sites excluding steroid dienone is 1. The second-order valence-electron chi connectivity index (χ2n) is 9.03. The van der Waals surface area contributed by atoms with Crippen LogP contribution in [0.4, 0.5) is 11.4 Å². The largest absolute Gasteiger partial charge is 0.497 e. The number of hydrogen-bond donors (Lipinski definition) is 0. The molecule has 2 heterocycles. The van der Waals surface area contributed by atoms with Gasteiger partial charge < -0.3 is 19.3 Å². The maximum atomic E-state index is 13.6. The monoisotopic (exact) mass is 435 g/mol. The van der Waals surface area contributed by atoms with Crippen molar-refractivity contribution >= 4 is 22.9 Å². The zero-order valence-corrected chi connectivity index (χ0v) is 19.7. The number of ether oxygens (including phenoxy) is 2. The number of rotatable bonds is 5. The average molecular weight is 436 g/mol. The van der Waals surface area contributed by atoms with Gasteiger partial charge in [-0.3, -0.25) is 9.69 Å². The number of benzene rings is 2. The summed E-state index contributed by atoms with van der Waals surface area (Å²) in [6.07, 6.45) is 2.18. The van der Waals surface area contributed by atoms with Crippen LogP contribution in [0.3, 0.4) is 0 Å². The van der Waals surface area contributed by atoms with Gasteiger partial charge in [0, 0.05) is 37.8 Å². The predicted octanol–water partition coefficient (Wildman–Crippen LogP) is 4.05. The van der Waals surface area contributed by atoms with E-state index in [0.29, 0.717) is 6.54 Å². The van der Waals surface area contributed by atoms with Gasteiger partial charge in [-0.15, -0.1) is 0 Å². The summed E-state index contributed by atoms with van der Waals surface area (Å²) in [4.78, 5) is 20.1. The van der Waals surface area contributed by atoms with Crippen LogP contribution < -0.4 is 19.3 Å². The molecule has 2 aliphatic heterocycles. The van der Waals surface area contributed by atoms with Crippen molar-refractivity contribution in [1.82, 2.24) is 4.90 Å². The molecule has 2 aromatic rings. The molecule has 0 saturated carbocycles. The summed E-state index contributed by atoms with van der Waals surface area (Å²) < 4.78 is 11.0. The zero-order chi connectivity index (χ0) is 22.9. The van der Waals surface area contributed by atoms with E-state index >= 15 is 0 Å². The van der Waals surface area contributed by atoms with Crippen LogP contribution in [0.25, 0.3) is 5.57 Å². The van der Waals surface area contributed by atoms with Crippen molar-refractivity contribution in [3.8, 4) is 11.5 Å². The van der Waals surface area contributed by atoms with Gasteiger partial charge in [-0.2, -0.15) is 0 Å². The Kier molecular flexibility index (Phi) is 6.15. The first-order valence-electron chi connectivity index (χ1n) is 11.2. The highest BCUT2D eigenvalue weighted by Gasteiger charge is 2.37. The number of para-hydroxylation sites is 2. The third-order valence-corrected chi connectivity index (χ3v) is 6.42. The highest BCUT2D eigenvalue weighted by Crippen LogP contribution is 2.41. The molecule has 170 valence electrons. The van der Waals surface area contributed by atoms with Gasteiger partial charge >= 0.3 is 0 Å². The SMILES string of the molecule is COc1ccc2c(c1)N(C(=O)CN1CCN(c3ccccc3OC)CC1)C(C)(C)C=C2C. The Hall–Kier alpha value is -2.99. The van der Waals surface area contributed by atoms with Crippen LogP contribution in [-0.4, -0.2) is 63.3 Å². The van der Waals surface area contributed by atoms with Crippen LogP contribution in [0.15, 0.2) is 48.5 Å². The van der Waals surface area contributed by atoms with Crippen LogP contribution in [0.5, 0.6) is 11.5 Å². The minimum absolute atomic E-state index is 0.110. The van der Waals surface area contributed by atoms with Crippen molar-refractivity contribution in [3.05, 3.63) is 54.1 Å². The number of hydrogen-bond acceptors (Lipinski definition) is 5. The lowest BCUT2D eigenvalue weighted by atomic mass is 9.88. The number of carbonyl (C=O) groups excluding carboxylic acids is 1. The Morgan fingerprint density at radius 2 is 1.69 bits per heavy atom. The number of anilines is 2. The van der Waals surface area contributed by atoms with Crippen LogP contribution in [-0.2, 0) is 4.79 Å². The summed E-state index contributed by atoms with van der Waals surface area (Å²) in [6.45, 7) is 10.1. The van der Waals surface area contributed by atoms with E-state index < -0.39 is 5.54 Å². The summed E-state index contributed by atoms with van der Waals surface area (Å²) in [5, 5.41) is 0. The molecule has 0 unspecified atom stereocenters. The van der Waals surface area contributed by atoms with Gasteiger partial charge in [0.15, 0.2) is 0 Å². The Labute approximate surface area is 191 Å². The van der Waals surface area contributed by atoms with Gasteiger partial charge in [-0.05, 0) is 50.6 Å².